The Kier molecular flexibility index (Phi) is 7.59. The zero-order valence-electron chi connectivity index (χ0n) is 24.7. The number of benzene rings is 5. The highest BCUT2D eigenvalue weighted by Crippen LogP contribution is 2.40. The van der Waals surface area contributed by atoms with Gasteiger partial charge in [0.15, 0.2) is 5.78 Å². The molecule has 0 heterocycles. The van der Waals surface area contributed by atoms with Crippen LogP contribution in [0, 0.1) is 5.92 Å². The summed E-state index contributed by atoms with van der Waals surface area (Å²) in [6.07, 6.45) is 7.74. The minimum Gasteiger partial charge on any atom is -0.294 e. The van der Waals surface area contributed by atoms with Crippen molar-refractivity contribution in [1.82, 2.24) is 0 Å². The smallest absolute Gasteiger partial charge is 0.233 e. The summed E-state index contributed by atoms with van der Waals surface area (Å²) in [5, 5.41) is 2.28. The van der Waals surface area contributed by atoms with Gasteiger partial charge in [-0.1, -0.05) is 152 Å². The molecule has 45 heavy (non-hydrogen) atoms. The van der Waals surface area contributed by atoms with Crippen LogP contribution >= 0.6 is 0 Å². The Morgan fingerprint density at radius 2 is 1.11 bits per heavy atom. The van der Waals surface area contributed by atoms with E-state index in [0.717, 1.165) is 39.1 Å². The number of rotatable bonds is 8. The number of allylic oxidation sites excluding steroid dienone is 4. The average Bonchev–Trinajstić information content (AvgIpc) is 3.11. The Labute approximate surface area is 262 Å². The molecule has 0 spiro atoms. The van der Waals surface area contributed by atoms with Crippen LogP contribution < -0.4 is 10.4 Å². The van der Waals surface area contributed by atoms with Crippen molar-refractivity contribution in [2.24, 2.45) is 5.92 Å². The molecule has 0 fully saturated rings. The zero-order chi connectivity index (χ0) is 30.8. The van der Waals surface area contributed by atoms with Gasteiger partial charge in [-0.3, -0.25) is 14.4 Å². The molecule has 0 aliphatic heterocycles. The summed E-state index contributed by atoms with van der Waals surface area (Å²) in [5.74, 6) is -0.787. The second kappa shape index (κ2) is 12.1. The molecule has 0 aromatic heterocycles. The molecule has 3 nitrogen and oxygen atoms in total. The van der Waals surface area contributed by atoms with Crippen molar-refractivity contribution in [3.8, 4) is 0 Å². The van der Waals surface area contributed by atoms with Gasteiger partial charge >= 0.3 is 0 Å². The van der Waals surface area contributed by atoms with Crippen molar-refractivity contribution >= 4 is 28.5 Å². The molecule has 0 bridgehead atoms. The average molecular weight is 583 g/mol. The van der Waals surface area contributed by atoms with Gasteiger partial charge in [0.05, 0.1) is 0 Å². The maximum atomic E-state index is 13.0. The van der Waals surface area contributed by atoms with Gasteiger partial charge in [0, 0.05) is 29.0 Å². The van der Waals surface area contributed by atoms with Gasteiger partial charge in [-0.2, -0.15) is 0 Å². The van der Waals surface area contributed by atoms with Crippen LogP contribution in [0.3, 0.4) is 0 Å². The molecular weight excluding hydrogens is 552 g/mol. The molecule has 2 aliphatic carbocycles. The lowest BCUT2D eigenvalue weighted by atomic mass is 9.72. The summed E-state index contributed by atoms with van der Waals surface area (Å²) in [6, 6.07) is 42.4. The number of ketones is 3. The summed E-state index contributed by atoms with van der Waals surface area (Å²) in [6.45, 7) is 0. The molecular formula is C42H30O3. The van der Waals surface area contributed by atoms with E-state index in [1.54, 1.807) is 36.4 Å². The van der Waals surface area contributed by atoms with Gasteiger partial charge in [-0.15, -0.1) is 0 Å². The van der Waals surface area contributed by atoms with Crippen molar-refractivity contribution in [3.63, 3.8) is 0 Å². The van der Waals surface area contributed by atoms with Crippen LogP contribution in [0.1, 0.15) is 54.2 Å². The van der Waals surface area contributed by atoms with Gasteiger partial charge in [-0.05, 0) is 50.3 Å². The van der Waals surface area contributed by atoms with Gasteiger partial charge in [-0.25, -0.2) is 0 Å². The fourth-order valence-electron chi connectivity index (χ4n) is 6.48. The van der Waals surface area contributed by atoms with Crippen LogP contribution in [0.25, 0.3) is 11.1 Å². The number of fused-ring (bicyclic) bond motifs is 2. The van der Waals surface area contributed by atoms with Crippen LogP contribution in [0.5, 0.6) is 0 Å². The van der Waals surface area contributed by atoms with Crippen LogP contribution in [0.2, 0.25) is 0 Å². The van der Waals surface area contributed by atoms with E-state index in [4.69, 9.17) is 0 Å². The van der Waals surface area contributed by atoms with Gasteiger partial charge in [0.2, 0.25) is 11.6 Å². The fourth-order valence-corrected chi connectivity index (χ4v) is 6.48. The summed E-state index contributed by atoms with van der Waals surface area (Å²) < 4.78 is 0. The second-order valence-corrected chi connectivity index (χ2v) is 11.4. The van der Waals surface area contributed by atoms with Gasteiger partial charge < -0.3 is 0 Å². The highest BCUT2D eigenvalue weighted by atomic mass is 16.2. The third-order valence-corrected chi connectivity index (χ3v) is 8.69. The van der Waals surface area contributed by atoms with E-state index in [9.17, 15) is 14.4 Å². The van der Waals surface area contributed by atoms with Gasteiger partial charge in [0.1, 0.15) is 0 Å². The van der Waals surface area contributed by atoms with Crippen molar-refractivity contribution in [2.75, 3.05) is 0 Å². The minimum absolute atomic E-state index is 0.103. The molecule has 0 radical (unpaired) electrons. The highest BCUT2D eigenvalue weighted by Gasteiger charge is 2.29. The summed E-state index contributed by atoms with van der Waals surface area (Å²) in [7, 11) is 0. The molecule has 1 unspecified atom stereocenters. The largest absolute Gasteiger partial charge is 0.294 e. The second-order valence-electron chi connectivity index (χ2n) is 11.4. The molecule has 1 atom stereocenters. The fraction of sp³-hybridized carbons (Fsp3) is 0.0714. The van der Waals surface area contributed by atoms with E-state index >= 15 is 0 Å². The quantitative estimate of drug-likeness (QED) is 0.145. The van der Waals surface area contributed by atoms with Crippen LogP contribution in [0.15, 0.2) is 157 Å². The molecule has 0 saturated carbocycles. The molecule has 3 heteroatoms. The third kappa shape index (κ3) is 5.45. The summed E-state index contributed by atoms with van der Waals surface area (Å²) in [5.41, 5.74) is 8.17. The third-order valence-electron chi connectivity index (χ3n) is 8.69. The minimum atomic E-state index is -0.513. The first kappa shape index (κ1) is 28.1. The molecule has 7 rings (SSSR count). The van der Waals surface area contributed by atoms with Crippen molar-refractivity contribution in [3.05, 3.63) is 201 Å². The number of hydrogen-bond acceptors (Lipinski definition) is 3. The van der Waals surface area contributed by atoms with E-state index in [1.165, 1.54) is 11.1 Å². The van der Waals surface area contributed by atoms with E-state index in [0.29, 0.717) is 23.1 Å². The zero-order valence-corrected chi connectivity index (χ0v) is 24.7. The first-order chi connectivity index (χ1) is 22.1. The number of hydrogen-bond donors (Lipinski definition) is 0. The van der Waals surface area contributed by atoms with E-state index in [2.05, 4.69) is 54.6 Å². The summed E-state index contributed by atoms with van der Waals surface area (Å²) >= 11 is 0. The lowest BCUT2D eigenvalue weighted by molar-refractivity contribution is 0.0817. The SMILES string of the molecule is O=C(Cc1ccccc1)c1ccc(C2=c3ccccc3=C(c3ccc(C(=O)C(=O)c4ccccc4)cc3)C3=CC=CCC32)cc1. The maximum absolute atomic E-state index is 13.0. The topological polar surface area (TPSA) is 51.2 Å². The predicted molar refractivity (Wildman–Crippen MR) is 179 cm³/mol. The molecule has 0 N–H and O–H groups in total. The van der Waals surface area contributed by atoms with Crippen LogP contribution in [-0.4, -0.2) is 17.3 Å². The van der Waals surface area contributed by atoms with Gasteiger partial charge in [0.25, 0.3) is 0 Å². The number of Topliss-reactive ketones (excluding diaryl/α,β-unsaturated/α-hetero) is 3. The Morgan fingerprint density at radius 1 is 0.556 bits per heavy atom. The molecule has 216 valence electrons. The van der Waals surface area contributed by atoms with E-state index in [1.807, 2.05) is 60.7 Å². The van der Waals surface area contributed by atoms with E-state index < -0.39 is 11.6 Å². The standard InChI is InChI=1S/C42H30O3/c43-38(27-28-11-3-1-4-12-28)29-19-21-30(22-20-29)39-34-15-7-9-17-36(34)40(37-18-10-8-16-35(37)39)31-23-25-33(26-24-31)42(45)41(44)32-13-5-2-6-14-32/h1-15,17-26,35H,16,27H2. The Hall–Kier alpha value is -5.67. The molecule has 0 amide bonds. The number of carbonyl (C=O) groups excluding carboxylic acids is 3. The lowest BCUT2D eigenvalue weighted by Gasteiger charge is -2.31. The van der Waals surface area contributed by atoms with Crippen LogP contribution in [0.4, 0.5) is 0 Å². The highest BCUT2D eigenvalue weighted by molar-refractivity contribution is 6.49. The summed E-state index contributed by atoms with van der Waals surface area (Å²) in [4.78, 5) is 38.9. The monoisotopic (exact) mass is 582 g/mol. The Morgan fingerprint density at radius 3 is 1.80 bits per heavy atom. The van der Waals surface area contributed by atoms with Crippen LogP contribution in [-0.2, 0) is 6.42 Å². The van der Waals surface area contributed by atoms with Crippen molar-refractivity contribution in [1.29, 1.82) is 0 Å². The van der Waals surface area contributed by atoms with Crippen molar-refractivity contribution < 1.29 is 14.4 Å². The van der Waals surface area contributed by atoms with E-state index in [-0.39, 0.29) is 11.7 Å². The molecule has 0 saturated heterocycles. The predicted octanol–water partition coefficient (Wildman–Crippen LogP) is 7.09. The molecule has 5 aromatic carbocycles. The molecule has 5 aromatic rings. The van der Waals surface area contributed by atoms with Crippen molar-refractivity contribution in [2.45, 2.75) is 12.8 Å². The Bertz CT molecular complexity index is 2120. The maximum Gasteiger partial charge on any atom is 0.233 e. The normalized spacial score (nSPS) is 15.1. The first-order valence-electron chi connectivity index (χ1n) is 15.2. The Balaban J connectivity index is 1.28. The number of carbonyl (C=O) groups is 3. The first-order valence-corrected chi connectivity index (χ1v) is 15.2. The molecule has 2 aliphatic rings. The lowest BCUT2D eigenvalue weighted by Crippen LogP contribution is -2.37.